The summed E-state index contributed by atoms with van der Waals surface area (Å²) in [6.07, 6.45) is 2.92. The first kappa shape index (κ1) is 20.0. The Morgan fingerprint density at radius 1 is 1.38 bits per heavy atom. The molecule has 1 heterocycles. The number of amides is 1. The van der Waals surface area contributed by atoms with E-state index >= 15 is 0 Å². The highest BCUT2D eigenvalue weighted by Crippen LogP contribution is 2.34. The molecule has 0 aliphatic rings. The van der Waals surface area contributed by atoms with Gasteiger partial charge in [0.15, 0.2) is 0 Å². The zero-order chi connectivity index (χ0) is 19.3. The summed E-state index contributed by atoms with van der Waals surface area (Å²) >= 11 is 1.32. The molecule has 0 saturated heterocycles. The highest BCUT2D eigenvalue weighted by Gasteiger charge is 2.20. The average molecular weight is 393 g/mol. The van der Waals surface area contributed by atoms with Gasteiger partial charge >= 0.3 is 0 Å². The van der Waals surface area contributed by atoms with E-state index in [1.165, 1.54) is 11.8 Å². The smallest absolute Gasteiger partial charge is 0.243 e. The number of carbonyl (C=O) groups is 1. The Bertz CT molecular complexity index is 860. The number of carbonyl (C=O) groups excluding carboxylic acids is 1. The standard InChI is InChI=1S/C16H20N5O3PS/c1-26-15-12(9(17)7-11(18)24)13(20-16(21-15)19-5-6-22)8-3-2-4-10(23)14(8)25/h2-4,7,22-23H,5-6,17,25H2,1H3,(H2,18,24)(H,19,20,21)/b9-7-. The summed E-state index contributed by atoms with van der Waals surface area (Å²) in [5.74, 6) is -0.322. The van der Waals surface area contributed by atoms with E-state index in [1.54, 1.807) is 18.2 Å². The summed E-state index contributed by atoms with van der Waals surface area (Å²) in [5.41, 5.74) is 12.9. The van der Waals surface area contributed by atoms with Crippen molar-refractivity contribution in [3.8, 4) is 17.0 Å². The number of nitrogens with zero attached hydrogens (tertiary/aromatic N) is 2. The lowest BCUT2D eigenvalue weighted by Crippen LogP contribution is -2.15. The molecule has 0 aliphatic carbocycles. The van der Waals surface area contributed by atoms with Crippen LogP contribution in [0.25, 0.3) is 17.0 Å². The zero-order valence-corrected chi connectivity index (χ0v) is 16.0. The summed E-state index contributed by atoms with van der Waals surface area (Å²) in [6.45, 7) is 0.187. The summed E-state index contributed by atoms with van der Waals surface area (Å²) in [4.78, 5) is 20.2. The Balaban J connectivity index is 2.79. The van der Waals surface area contributed by atoms with Crippen LogP contribution < -0.4 is 22.1 Å². The fourth-order valence-electron chi connectivity index (χ4n) is 2.27. The first-order valence-corrected chi connectivity index (χ1v) is 9.34. The number of nitrogens with one attached hydrogen (secondary N) is 1. The fraction of sp³-hybridized carbons (Fsp3) is 0.188. The summed E-state index contributed by atoms with van der Waals surface area (Å²) in [6, 6.07) is 5.00. The molecule has 0 spiro atoms. The molecular formula is C16H20N5O3PS. The van der Waals surface area contributed by atoms with Gasteiger partial charge < -0.3 is 27.0 Å². The van der Waals surface area contributed by atoms with Crippen molar-refractivity contribution in [2.75, 3.05) is 24.7 Å². The summed E-state index contributed by atoms with van der Waals surface area (Å²) < 4.78 is 0. The van der Waals surface area contributed by atoms with Crippen LogP contribution in [0.1, 0.15) is 5.56 Å². The maximum Gasteiger partial charge on any atom is 0.243 e. The number of rotatable bonds is 7. The Morgan fingerprint density at radius 3 is 2.73 bits per heavy atom. The number of anilines is 1. The van der Waals surface area contributed by atoms with E-state index in [9.17, 15) is 9.90 Å². The van der Waals surface area contributed by atoms with Gasteiger partial charge in [0.2, 0.25) is 11.9 Å². The minimum absolute atomic E-state index is 0.0742. The highest BCUT2D eigenvalue weighted by molar-refractivity contribution is 7.98. The summed E-state index contributed by atoms with van der Waals surface area (Å²) in [7, 11) is 2.46. The van der Waals surface area contributed by atoms with Crippen molar-refractivity contribution in [1.82, 2.24) is 9.97 Å². The molecule has 0 saturated carbocycles. The van der Waals surface area contributed by atoms with Crippen LogP contribution in [-0.2, 0) is 4.79 Å². The third-order valence-corrected chi connectivity index (χ3v) is 4.68. The quantitative estimate of drug-likeness (QED) is 0.195. The van der Waals surface area contributed by atoms with Gasteiger partial charge in [-0.1, -0.05) is 12.1 Å². The molecule has 0 aliphatic heterocycles. The first-order valence-electron chi connectivity index (χ1n) is 7.54. The maximum atomic E-state index is 11.3. The highest BCUT2D eigenvalue weighted by atomic mass is 32.2. The van der Waals surface area contributed by atoms with Gasteiger partial charge in [-0.3, -0.25) is 4.79 Å². The number of thioether (sulfide) groups is 1. The van der Waals surface area contributed by atoms with Gasteiger partial charge in [-0.05, 0) is 12.3 Å². The van der Waals surface area contributed by atoms with Crippen molar-refractivity contribution in [2.45, 2.75) is 5.03 Å². The molecule has 10 heteroatoms. The normalized spacial score (nSPS) is 11.4. The number of phenols is 1. The van der Waals surface area contributed by atoms with Crippen LogP contribution in [0.2, 0.25) is 0 Å². The predicted molar refractivity (Wildman–Crippen MR) is 107 cm³/mol. The largest absolute Gasteiger partial charge is 0.507 e. The number of hydrogen-bond acceptors (Lipinski definition) is 8. The molecule has 0 fully saturated rings. The second kappa shape index (κ2) is 8.84. The Kier molecular flexibility index (Phi) is 6.79. The second-order valence-electron chi connectivity index (χ2n) is 5.17. The molecule has 1 unspecified atom stereocenters. The van der Waals surface area contributed by atoms with Crippen LogP contribution in [-0.4, -0.2) is 45.5 Å². The number of aromatic hydroxyl groups is 1. The molecule has 2 aromatic rings. The van der Waals surface area contributed by atoms with E-state index in [1.807, 2.05) is 6.26 Å². The van der Waals surface area contributed by atoms with Crippen molar-refractivity contribution in [3.05, 3.63) is 29.8 Å². The minimum atomic E-state index is -0.690. The van der Waals surface area contributed by atoms with Gasteiger partial charge in [-0.25, -0.2) is 9.97 Å². The van der Waals surface area contributed by atoms with E-state index in [0.29, 0.717) is 33.1 Å². The molecule has 0 radical (unpaired) electrons. The molecule has 138 valence electrons. The van der Waals surface area contributed by atoms with Gasteiger partial charge in [0, 0.05) is 29.2 Å². The Hall–Kier alpha value is -2.35. The van der Waals surface area contributed by atoms with Crippen LogP contribution >= 0.6 is 21.0 Å². The Morgan fingerprint density at radius 2 is 2.12 bits per heavy atom. The predicted octanol–water partition coefficient (Wildman–Crippen LogP) is 0.261. The van der Waals surface area contributed by atoms with E-state index in [4.69, 9.17) is 16.6 Å². The number of hydrogen-bond donors (Lipinski definition) is 5. The number of aliphatic hydroxyl groups excluding tert-OH is 1. The lowest BCUT2D eigenvalue weighted by molar-refractivity contribution is -0.113. The number of phenolic OH excluding ortho intramolecular Hbond substituents is 1. The third-order valence-electron chi connectivity index (χ3n) is 3.39. The topological polar surface area (TPSA) is 147 Å². The van der Waals surface area contributed by atoms with E-state index in [2.05, 4.69) is 24.5 Å². The van der Waals surface area contributed by atoms with Crippen LogP contribution in [0.15, 0.2) is 29.3 Å². The van der Waals surface area contributed by atoms with E-state index < -0.39 is 5.91 Å². The van der Waals surface area contributed by atoms with Gasteiger partial charge in [-0.2, -0.15) is 0 Å². The van der Waals surface area contributed by atoms with Gasteiger partial charge in [0.1, 0.15) is 10.8 Å². The molecule has 0 bridgehead atoms. The summed E-state index contributed by atoms with van der Waals surface area (Å²) in [5, 5.41) is 23.0. The average Bonchev–Trinajstić information content (AvgIpc) is 2.60. The molecule has 1 amide bonds. The van der Waals surface area contributed by atoms with Crippen molar-refractivity contribution in [2.24, 2.45) is 11.5 Å². The number of primary amides is 1. The number of benzene rings is 1. The lowest BCUT2D eigenvalue weighted by Gasteiger charge is -2.16. The van der Waals surface area contributed by atoms with Crippen molar-refractivity contribution < 1.29 is 15.0 Å². The van der Waals surface area contributed by atoms with Gasteiger partial charge in [-0.15, -0.1) is 21.0 Å². The number of aromatic nitrogens is 2. The first-order chi connectivity index (χ1) is 12.4. The molecular weight excluding hydrogens is 373 g/mol. The zero-order valence-electron chi connectivity index (χ0n) is 14.1. The van der Waals surface area contributed by atoms with Crippen molar-refractivity contribution >= 4 is 43.9 Å². The molecule has 7 N–H and O–H groups in total. The van der Waals surface area contributed by atoms with E-state index in [0.717, 1.165) is 6.08 Å². The van der Waals surface area contributed by atoms with Crippen LogP contribution in [0.3, 0.4) is 0 Å². The van der Waals surface area contributed by atoms with E-state index in [-0.39, 0.29) is 24.6 Å². The van der Waals surface area contributed by atoms with Crippen molar-refractivity contribution in [3.63, 3.8) is 0 Å². The lowest BCUT2D eigenvalue weighted by atomic mass is 10.0. The maximum absolute atomic E-state index is 11.3. The molecule has 2 rings (SSSR count). The Labute approximate surface area is 157 Å². The SMILES string of the molecule is CSc1nc(NCCO)nc(-c2cccc(O)c2P)c1/C(N)=C/C(N)=O. The number of nitrogens with two attached hydrogens (primary N) is 2. The minimum Gasteiger partial charge on any atom is -0.507 e. The molecule has 1 atom stereocenters. The van der Waals surface area contributed by atoms with Gasteiger partial charge in [0.05, 0.1) is 17.9 Å². The molecule has 1 aromatic carbocycles. The number of aliphatic hydroxyl groups is 1. The van der Waals surface area contributed by atoms with Gasteiger partial charge in [0.25, 0.3) is 0 Å². The van der Waals surface area contributed by atoms with Crippen molar-refractivity contribution in [1.29, 1.82) is 0 Å². The molecule has 26 heavy (non-hydrogen) atoms. The van der Waals surface area contributed by atoms with Crippen LogP contribution in [0.5, 0.6) is 5.75 Å². The molecule has 1 aromatic heterocycles. The monoisotopic (exact) mass is 393 g/mol. The second-order valence-corrected chi connectivity index (χ2v) is 6.54. The fourth-order valence-corrected chi connectivity index (χ4v) is 3.20. The van der Waals surface area contributed by atoms with Crippen LogP contribution in [0, 0.1) is 0 Å². The molecule has 8 nitrogen and oxygen atoms in total. The van der Waals surface area contributed by atoms with Crippen LogP contribution in [0.4, 0.5) is 5.95 Å². The third kappa shape index (κ3) is 4.43.